The minimum Gasteiger partial charge on any atom is -0.455 e. The predicted molar refractivity (Wildman–Crippen MR) is 187 cm³/mol. The Morgan fingerprint density at radius 2 is 1.64 bits per heavy atom. The lowest BCUT2D eigenvalue weighted by Gasteiger charge is -2.34. The van der Waals surface area contributed by atoms with E-state index in [2.05, 4.69) is 122 Å². The van der Waals surface area contributed by atoms with Crippen LogP contribution in [0.15, 0.2) is 54.7 Å². The highest BCUT2D eigenvalue weighted by atomic mass is 16.5. The van der Waals surface area contributed by atoms with Gasteiger partial charge in [0.15, 0.2) is 6.20 Å². The Morgan fingerprint density at radius 1 is 0.909 bits per heavy atom. The van der Waals surface area contributed by atoms with Gasteiger partial charge >= 0.3 is 0 Å². The van der Waals surface area contributed by atoms with Crippen LogP contribution in [0.1, 0.15) is 102 Å². The first-order valence-electron chi connectivity index (χ1n) is 16.9. The third-order valence-electron chi connectivity index (χ3n) is 10.5. The van der Waals surface area contributed by atoms with Gasteiger partial charge in [-0.1, -0.05) is 84.9 Å². The van der Waals surface area contributed by atoms with Crippen LogP contribution in [0.25, 0.3) is 43.6 Å². The SMILES string of the molecule is Cc1c2c(c(CC(C)(C)C)c3ccc(CC(C)C)cc13)Oc1cc3cc(C4CCC(C)(C)CC4)ccc3c3cc[n+](C)c-2c13. The largest absolute Gasteiger partial charge is 0.455 e. The second-order valence-electron chi connectivity index (χ2n) is 16.5. The standard InChI is InChI=1S/C42H50NO/c1-25(2)20-27-10-12-32-34(21-27)26(3)37-39-38-33(16-19-43(39)9)31-13-11-29(28-14-17-42(7,8)18-15-28)22-30(31)23-36(38)44-40(37)35(32)24-41(4,5)6/h10-13,16,19,21-23,25,28H,14-15,17-18,20,24H2,1-9H3/q+1. The summed E-state index contributed by atoms with van der Waals surface area (Å²) in [5.74, 6) is 3.33. The van der Waals surface area contributed by atoms with E-state index in [4.69, 9.17) is 4.74 Å². The summed E-state index contributed by atoms with van der Waals surface area (Å²) in [4.78, 5) is 0. The van der Waals surface area contributed by atoms with E-state index in [-0.39, 0.29) is 5.41 Å². The van der Waals surface area contributed by atoms with Crippen molar-refractivity contribution < 1.29 is 9.30 Å². The molecule has 5 aromatic rings. The number of benzene rings is 4. The maximum absolute atomic E-state index is 7.17. The van der Waals surface area contributed by atoms with Gasteiger partial charge < -0.3 is 4.74 Å². The van der Waals surface area contributed by atoms with E-state index in [9.17, 15) is 0 Å². The Kier molecular flexibility index (Phi) is 6.88. The summed E-state index contributed by atoms with van der Waals surface area (Å²) in [5, 5.41) is 7.86. The molecule has 1 aromatic heterocycles. The minimum atomic E-state index is 0.122. The van der Waals surface area contributed by atoms with Crippen LogP contribution < -0.4 is 9.30 Å². The van der Waals surface area contributed by atoms with E-state index in [1.807, 2.05) is 0 Å². The summed E-state index contributed by atoms with van der Waals surface area (Å²) in [6.45, 7) is 18.8. The summed E-state index contributed by atoms with van der Waals surface area (Å²) >= 11 is 0. The number of hydrogen-bond acceptors (Lipinski definition) is 1. The lowest BCUT2D eigenvalue weighted by Crippen LogP contribution is -2.32. The first-order valence-corrected chi connectivity index (χ1v) is 16.9. The molecule has 4 aromatic carbocycles. The van der Waals surface area contributed by atoms with Crippen molar-refractivity contribution in [2.45, 2.75) is 99.8 Å². The lowest BCUT2D eigenvalue weighted by molar-refractivity contribution is -0.659. The molecule has 2 aliphatic rings. The van der Waals surface area contributed by atoms with Gasteiger partial charge in [-0.15, -0.1) is 0 Å². The van der Waals surface area contributed by atoms with Crippen LogP contribution >= 0.6 is 0 Å². The van der Waals surface area contributed by atoms with Crippen LogP contribution in [0.3, 0.4) is 0 Å². The molecule has 1 fully saturated rings. The number of ether oxygens (including phenoxy) is 1. The Hall–Kier alpha value is -3.39. The van der Waals surface area contributed by atoms with Gasteiger partial charge in [-0.05, 0) is 112 Å². The fourth-order valence-corrected chi connectivity index (χ4v) is 8.20. The van der Waals surface area contributed by atoms with Gasteiger partial charge in [0.25, 0.3) is 0 Å². The van der Waals surface area contributed by atoms with Crippen LogP contribution in [0, 0.1) is 23.7 Å². The molecular weight excluding hydrogens is 534 g/mol. The van der Waals surface area contributed by atoms with Crippen LogP contribution in [0.2, 0.25) is 0 Å². The molecule has 0 unspecified atom stereocenters. The second kappa shape index (κ2) is 10.3. The van der Waals surface area contributed by atoms with Crippen LogP contribution in [0.5, 0.6) is 11.5 Å². The Balaban J connectivity index is 1.48. The van der Waals surface area contributed by atoms with Gasteiger partial charge in [-0.2, -0.15) is 0 Å². The third-order valence-corrected chi connectivity index (χ3v) is 10.5. The third kappa shape index (κ3) is 4.99. The molecule has 0 amide bonds. The highest BCUT2D eigenvalue weighted by Gasteiger charge is 2.35. The van der Waals surface area contributed by atoms with Crippen molar-refractivity contribution in [1.29, 1.82) is 0 Å². The van der Waals surface area contributed by atoms with Gasteiger partial charge in [0.2, 0.25) is 5.69 Å². The molecule has 0 radical (unpaired) electrons. The number of rotatable bonds is 4. The molecule has 0 spiro atoms. The molecule has 1 saturated carbocycles. The normalized spacial score (nSPS) is 16.6. The van der Waals surface area contributed by atoms with Crippen LogP contribution in [-0.2, 0) is 19.9 Å². The van der Waals surface area contributed by atoms with E-state index < -0.39 is 0 Å². The van der Waals surface area contributed by atoms with Crippen molar-refractivity contribution in [1.82, 2.24) is 0 Å². The highest BCUT2D eigenvalue weighted by molar-refractivity contribution is 6.16. The molecule has 0 saturated heterocycles. The Morgan fingerprint density at radius 3 is 2.34 bits per heavy atom. The van der Waals surface area contributed by atoms with Gasteiger partial charge in [-0.25, -0.2) is 4.57 Å². The predicted octanol–water partition coefficient (Wildman–Crippen LogP) is 11.5. The smallest absolute Gasteiger partial charge is 0.228 e. The summed E-state index contributed by atoms with van der Waals surface area (Å²) in [5.41, 5.74) is 8.71. The molecule has 0 atom stereocenters. The summed E-state index contributed by atoms with van der Waals surface area (Å²) < 4.78 is 9.50. The van der Waals surface area contributed by atoms with E-state index >= 15 is 0 Å². The number of aryl methyl sites for hydroxylation is 2. The summed E-state index contributed by atoms with van der Waals surface area (Å²) in [6, 6.07) is 19.1. The molecule has 2 heteroatoms. The molecule has 1 aliphatic heterocycles. The molecule has 1 aliphatic carbocycles. The second-order valence-corrected chi connectivity index (χ2v) is 16.5. The van der Waals surface area contributed by atoms with Gasteiger partial charge in [0.05, 0.1) is 10.9 Å². The first kappa shape index (κ1) is 29.3. The number of nitrogens with zero attached hydrogens (tertiary/aromatic N) is 1. The average molecular weight is 585 g/mol. The van der Waals surface area contributed by atoms with Gasteiger partial charge in [0.1, 0.15) is 18.5 Å². The van der Waals surface area contributed by atoms with Gasteiger partial charge in [0, 0.05) is 17.0 Å². The molecule has 0 bridgehead atoms. The van der Waals surface area contributed by atoms with E-state index in [0.717, 1.165) is 24.3 Å². The Labute approximate surface area is 264 Å². The van der Waals surface area contributed by atoms with Gasteiger partial charge in [-0.3, -0.25) is 0 Å². The fourth-order valence-electron chi connectivity index (χ4n) is 8.20. The maximum Gasteiger partial charge on any atom is 0.228 e. The topological polar surface area (TPSA) is 13.1 Å². The first-order chi connectivity index (χ1) is 20.8. The quantitative estimate of drug-likeness (QED) is 0.148. The molecule has 7 rings (SSSR count). The number of fused-ring (bicyclic) bond motifs is 5. The monoisotopic (exact) mass is 584 g/mol. The van der Waals surface area contributed by atoms with E-state index in [0.29, 0.717) is 17.3 Å². The zero-order valence-corrected chi connectivity index (χ0v) is 28.4. The zero-order chi connectivity index (χ0) is 31.1. The molecule has 44 heavy (non-hydrogen) atoms. The molecule has 2 nitrogen and oxygen atoms in total. The number of aromatic nitrogens is 1. The zero-order valence-electron chi connectivity index (χ0n) is 28.4. The van der Waals surface area contributed by atoms with Crippen molar-refractivity contribution in [2.24, 2.45) is 23.8 Å². The molecule has 228 valence electrons. The highest BCUT2D eigenvalue weighted by Crippen LogP contribution is 2.53. The van der Waals surface area contributed by atoms with Crippen molar-refractivity contribution in [3.8, 4) is 22.8 Å². The molecular formula is C42H50NO+. The van der Waals surface area contributed by atoms with E-state index in [1.54, 1.807) is 0 Å². The lowest BCUT2D eigenvalue weighted by atomic mass is 9.71. The number of pyridine rings is 1. The fraction of sp³-hybridized carbons (Fsp3) is 0.452. The summed E-state index contributed by atoms with van der Waals surface area (Å²) in [7, 11) is 2.20. The molecule has 0 N–H and O–H groups in total. The van der Waals surface area contributed by atoms with Crippen molar-refractivity contribution in [2.75, 3.05) is 0 Å². The molecule has 2 heterocycles. The van der Waals surface area contributed by atoms with Crippen LogP contribution in [-0.4, -0.2) is 0 Å². The number of hydrogen-bond donors (Lipinski definition) is 0. The summed E-state index contributed by atoms with van der Waals surface area (Å²) in [6.07, 6.45) is 9.49. The van der Waals surface area contributed by atoms with E-state index in [1.165, 1.54) is 91.5 Å². The Bertz CT molecular complexity index is 1940. The minimum absolute atomic E-state index is 0.122. The van der Waals surface area contributed by atoms with Crippen LogP contribution in [0.4, 0.5) is 0 Å². The van der Waals surface area contributed by atoms with Crippen molar-refractivity contribution in [3.05, 3.63) is 77.0 Å². The van der Waals surface area contributed by atoms with Crippen molar-refractivity contribution >= 4 is 32.3 Å². The average Bonchev–Trinajstić information content (AvgIpc) is 2.95. The van der Waals surface area contributed by atoms with Crippen molar-refractivity contribution in [3.63, 3.8) is 0 Å². The maximum atomic E-state index is 7.17.